The lowest BCUT2D eigenvalue weighted by molar-refractivity contribution is -0.139. The molecule has 0 radical (unpaired) electrons. The number of nitrogens with zero attached hydrogens (tertiary/aromatic N) is 1. The number of carboxylic acid groups (broad SMARTS) is 1. The highest BCUT2D eigenvalue weighted by Crippen LogP contribution is 2.31. The zero-order chi connectivity index (χ0) is 14.8. The molecule has 1 atom stereocenters. The van der Waals surface area contributed by atoms with E-state index in [0.29, 0.717) is 19.4 Å². The first kappa shape index (κ1) is 14.6. The number of nitrogens with one attached hydrogen (secondary N) is 2. The van der Waals surface area contributed by atoms with Gasteiger partial charge in [-0.15, -0.1) is 0 Å². The zero-order valence-corrected chi connectivity index (χ0v) is 11.6. The van der Waals surface area contributed by atoms with Crippen LogP contribution in [0.4, 0.5) is 4.79 Å². The van der Waals surface area contributed by atoms with Crippen molar-refractivity contribution >= 4 is 17.9 Å². The highest BCUT2D eigenvalue weighted by Gasteiger charge is 2.39. The summed E-state index contributed by atoms with van der Waals surface area (Å²) in [4.78, 5) is 36.1. The van der Waals surface area contributed by atoms with Crippen LogP contribution < -0.4 is 10.6 Å². The Morgan fingerprint density at radius 1 is 1.40 bits per heavy atom. The van der Waals surface area contributed by atoms with Crippen LogP contribution in [0.2, 0.25) is 0 Å². The summed E-state index contributed by atoms with van der Waals surface area (Å²) < 4.78 is 0. The summed E-state index contributed by atoms with van der Waals surface area (Å²) in [5, 5.41) is 14.5. The van der Waals surface area contributed by atoms with Gasteiger partial charge in [0, 0.05) is 7.05 Å². The second-order valence-electron chi connectivity index (χ2n) is 5.78. The Labute approximate surface area is 117 Å². The Morgan fingerprint density at radius 2 is 2.05 bits per heavy atom. The van der Waals surface area contributed by atoms with Crippen molar-refractivity contribution in [2.45, 2.75) is 50.1 Å². The van der Waals surface area contributed by atoms with Gasteiger partial charge in [-0.3, -0.25) is 9.59 Å². The third-order valence-corrected chi connectivity index (χ3v) is 4.11. The number of carbonyl (C=O) groups excluding carboxylic acids is 2. The third-order valence-electron chi connectivity index (χ3n) is 4.11. The molecule has 0 aromatic carbocycles. The maximum atomic E-state index is 12.2. The lowest BCUT2D eigenvalue weighted by Gasteiger charge is -2.37. The SMILES string of the molecule is CN1CC(C(=O)NC2(CC(=O)O)CCCCC2)NC1=O. The topological polar surface area (TPSA) is 98.7 Å². The van der Waals surface area contributed by atoms with Crippen LogP contribution in [0.3, 0.4) is 0 Å². The maximum Gasteiger partial charge on any atom is 0.317 e. The lowest BCUT2D eigenvalue weighted by atomic mass is 9.79. The number of urea groups is 1. The number of rotatable bonds is 4. The van der Waals surface area contributed by atoms with E-state index in [1.807, 2.05) is 0 Å². The van der Waals surface area contributed by atoms with E-state index in [9.17, 15) is 14.4 Å². The molecule has 1 unspecified atom stereocenters. The fourth-order valence-electron chi connectivity index (χ4n) is 3.02. The number of likely N-dealkylation sites (N-methyl/N-ethyl adjacent to an activating group) is 1. The first-order chi connectivity index (χ1) is 9.42. The normalized spacial score (nSPS) is 25.1. The van der Waals surface area contributed by atoms with Crippen LogP contribution in [0.5, 0.6) is 0 Å². The van der Waals surface area contributed by atoms with E-state index in [1.165, 1.54) is 4.90 Å². The van der Waals surface area contributed by atoms with Gasteiger partial charge in [-0.1, -0.05) is 19.3 Å². The van der Waals surface area contributed by atoms with Crippen molar-refractivity contribution < 1.29 is 19.5 Å². The molecule has 1 aliphatic heterocycles. The summed E-state index contributed by atoms with van der Waals surface area (Å²) in [6.07, 6.45) is 4.22. The van der Waals surface area contributed by atoms with E-state index in [-0.39, 0.29) is 18.4 Å². The van der Waals surface area contributed by atoms with Crippen LogP contribution in [-0.2, 0) is 9.59 Å². The van der Waals surface area contributed by atoms with Crippen molar-refractivity contribution in [3.8, 4) is 0 Å². The molecule has 1 saturated heterocycles. The summed E-state index contributed by atoms with van der Waals surface area (Å²) in [7, 11) is 1.62. The van der Waals surface area contributed by atoms with Crippen molar-refractivity contribution in [3.05, 3.63) is 0 Å². The second kappa shape index (κ2) is 5.68. The van der Waals surface area contributed by atoms with Gasteiger partial charge < -0.3 is 20.6 Å². The number of hydrogen-bond donors (Lipinski definition) is 3. The number of aliphatic carboxylic acids is 1. The van der Waals surface area contributed by atoms with Crippen LogP contribution in [0.15, 0.2) is 0 Å². The molecule has 1 aliphatic carbocycles. The van der Waals surface area contributed by atoms with Gasteiger partial charge in [-0.2, -0.15) is 0 Å². The summed E-state index contributed by atoms with van der Waals surface area (Å²) in [6, 6.07) is -0.874. The quantitative estimate of drug-likeness (QED) is 0.691. The predicted molar refractivity (Wildman–Crippen MR) is 71.2 cm³/mol. The number of carboxylic acids is 1. The average Bonchev–Trinajstić information content (AvgIpc) is 2.69. The van der Waals surface area contributed by atoms with Gasteiger partial charge in [0.05, 0.1) is 18.5 Å². The average molecular weight is 283 g/mol. The number of amides is 3. The molecule has 1 heterocycles. The van der Waals surface area contributed by atoms with Gasteiger partial charge >= 0.3 is 12.0 Å². The Bertz CT molecular complexity index is 418. The van der Waals surface area contributed by atoms with Gasteiger partial charge in [-0.25, -0.2) is 4.79 Å². The molecule has 3 N–H and O–H groups in total. The molecular formula is C13H21N3O4. The minimum absolute atomic E-state index is 0.0603. The van der Waals surface area contributed by atoms with Crippen LogP contribution in [-0.4, -0.2) is 53.1 Å². The molecule has 3 amide bonds. The van der Waals surface area contributed by atoms with Crippen LogP contribution >= 0.6 is 0 Å². The molecule has 112 valence electrons. The molecule has 20 heavy (non-hydrogen) atoms. The molecule has 1 saturated carbocycles. The Kier molecular flexibility index (Phi) is 4.15. The van der Waals surface area contributed by atoms with Crippen molar-refractivity contribution in [2.24, 2.45) is 0 Å². The Hall–Kier alpha value is -1.79. The molecular weight excluding hydrogens is 262 g/mol. The first-order valence-electron chi connectivity index (χ1n) is 6.97. The fourth-order valence-corrected chi connectivity index (χ4v) is 3.02. The van der Waals surface area contributed by atoms with Gasteiger partial charge in [0.1, 0.15) is 6.04 Å². The third kappa shape index (κ3) is 3.20. The number of carbonyl (C=O) groups is 3. The van der Waals surface area contributed by atoms with E-state index >= 15 is 0 Å². The Morgan fingerprint density at radius 3 is 2.55 bits per heavy atom. The molecule has 0 bridgehead atoms. The van der Waals surface area contributed by atoms with Crippen LogP contribution in [0.1, 0.15) is 38.5 Å². The molecule has 0 spiro atoms. The van der Waals surface area contributed by atoms with Crippen molar-refractivity contribution in [1.82, 2.24) is 15.5 Å². The summed E-state index contributed by atoms with van der Waals surface area (Å²) in [6.45, 7) is 0.313. The predicted octanol–water partition coefficient (Wildman–Crippen LogP) is 0.304. The van der Waals surface area contributed by atoms with E-state index in [1.54, 1.807) is 7.05 Å². The van der Waals surface area contributed by atoms with Gasteiger partial charge in [0.15, 0.2) is 0 Å². The van der Waals surface area contributed by atoms with E-state index < -0.39 is 17.6 Å². The molecule has 7 nitrogen and oxygen atoms in total. The molecule has 0 aromatic heterocycles. The molecule has 2 fully saturated rings. The highest BCUT2D eigenvalue weighted by molar-refractivity contribution is 5.91. The van der Waals surface area contributed by atoms with Crippen LogP contribution in [0, 0.1) is 0 Å². The first-order valence-corrected chi connectivity index (χ1v) is 6.97. The highest BCUT2D eigenvalue weighted by atomic mass is 16.4. The van der Waals surface area contributed by atoms with E-state index in [2.05, 4.69) is 10.6 Å². The van der Waals surface area contributed by atoms with E-state index in [4.69, 9.17) is 5.11 Å². The Balaban J connectivity index is 2.02. The van der Waals surface area contributed by atoms with Crippen LogP contribution in [0.25, 0.3) is 0 Å². The fraction of sp³-hybridized carbons (Fsp3) is 0.769. The summed E-state index contributed by atoms with van der Waals surface area (Å²) >= 11 is 0. The maximum absolute atomic E-state index is 12.2. The minimum atomic E-state index is -0.903. The molecule has 2 rings (SSSR count). The van der Waals surface area contributed by atoms with Crippen molar-refractivity contribution in [2.75, 3.05) is 13.6 Å². The summed E-state index contributed by atoms with van der Waals surface area (Å²) in [5.41, 5.74) is -0.660. The second-order valence-corrected chi connectivity index (χ2v) is 5.78. The largest absolute Gasteiger partial charge is 0.481 e. The monoisotopic (exact) mass is 283 g/mol. The van der Waals surface area contributed by atoms with Gasteiger partial charge in [0.25, 0.3) is 0 Å². The van der Waals surface area contributed by atoms with Crippen molar-refractivity contribution in [1.29, 1.82) is 0 Å². The number of hydrogen-bond acceptors (Lipinski definition) is 3. The molecule has 2 aliphatic rings. The lowest BCUT2D eigenvalue weighted by Crippen LogP contribution is -2.56. The van der Waals surface area contributed by atoms with Gasteiger partial charge in [0.2, 0.25) is 5.91 Å². The summed E-state index contributed by atoms with van der Waals surface area (Å²) in [5.74, 6) is -1.19. The minimum Gasteiger partial charge on any atom is -0.481 e. The van der Waals surface area contributed by atoms with Crippen molar-refractivity contribution in [3.63, 3.8) is 0 Å². The molecule has 0 aromatic rings. The zero-order valence-electron chi connectivity index (χ0n) is 11.6. The molecule has 7 heteroatoms. The standard InChI is InChI=1S/C13H21N3O4/c1-16-8-9(14-12(16)20)11(19)15-13(7-10(17)18)5-3-2-4-6-13/h9H,2-8H2,1H3,(H,14,20)(H,15,19)(H,17,18). The smallest absolute Gasteiger partial charge is 0.317 e. The van der Waals surface area contributed by atoms with E-state index in [0.717, 1.165) is 19.3 Å². The van der Waals surface area contributed by atoms with Gasteiger partial charge in [-0.05, 0) is 12.8 Å².